The van der Waals surface area contributed by atoms with E-state index in [1.807, 2.05) is 0 Å². The second-order valence-corrected chi connectivity index (χ2v) is 4.16. The van der Waals surface area contributed by atoms with Crippen LogP contribution in [0.1, 0.15) is 40.0 Å². The molecule has 11 heavy (non-hydrogen) atoms. The molecule has 1 rings (SSSR count). The summed E-state index contributed by atoms with van der Waals surface area (Å²) in [6.07, 6.45) is 4.19. The van der Waals surface area contributed by atoms with E-state index in [1.165, 1.54) is 25.8 Å². The number of nitrogens with one attached hydrogen (secondary N) is 1. The van der Waals surface area contributed by atoms with Crippen molar-refractivity contribution in [2.45, 2.75) is 46.1 Å². The largest absolute Gasteiger partial charge is 0.314 e. The highest BCUT2D eigenvalue weighted by Gasteiger charge is 2.21. The van der Waals surface area contributed by atoms with Crippen LogP contribution >= 0.6 is 0 Å². The first-order chi connectivity index (χ1) is 5.22. The van der Waals surface area contributed by atoms with Crippen LogP contribution in [-0.4, -0.2) is 12.6 Å². The topological polar surface area (TPSA) is 12.0 Å². The summed E-state index contributed by atoms with van der Waals surface area (Å²) in [4.78, 5) is 0. The molecule has 0 aromatic carbocycles. The number of hydrogen-bond acceptors (Lipinski definition) is 1. The van der Waals surface area contributed by atoms with E-state index in [4.69, 9.17) is 0 Å². The molecule has 2 atom stereocenters. The van der Waals surface area contributed by atoms with Crippen molar-refractivity contribution in [3.63, 3.8) is 0 Å². The van der Waals surface area contributed by atoms with Crippen LogP contribution in [0, 0.1) is 11.8 Å². The molecule has 0 aromatic heterocycles. The molecule has 2 unspecified atom stereocenters. The number of hydrogen-bond donors (Lipinski definition) is 1. The summed E-state index contributed by atoms with van der Waals surface area (Å²) in [6, 6.07) is 0.795. The summed E-state index contributed by atoms with van der Waals surface area (Å²) in [5.41, 5.74) is 0. The van der Waals surface area contributed by atoms with Gasteiger partial charge in [-0.2, -0.15) is 0 Å². The summed E-state index contributed by atoms with van der Waals surface area (Å²) >= 11 is 0. The predicted octanol–water partition coefficient (Wildman–Crippen LogP) is 2.42. The third-order valence-corrected chi connectivity index (χ3v) is 3.03. The Bertz CT molecular complexity index is 103. The van der Waals surface area contributed by atoms with E-state index in [9.17, 15) is 0 Å². The molecule has 1 saturated heterocycles. The summed E-state index contributed by atoms with van der Waals surface area (Å²) in [7, 11) is 0. The van der Waals surface area contributed by atoms with E-state index in [2.05, 4.69) is 26.1 Å². The van der Waals surface area contributed by atoms with Crippen molar-refractivity contribution in [3.8, 4) is 0 Å². The van der Waals surface area contributed by atoms with E-state index in [0.717, 1.165) is 17.9 Å². The molecule has 1 aliphatic rings. The maximum absolute atomic E-state index is 3.60. The van der Waals surface area contributed by atoms with Gasteiger partial charge in [0.05, 0.1) is 0 Å². The van der Waals surface area contributed by atoms with Crippen LogP contribution in [0.3, 0.4) is 0 Å². The minimum absolute atomic E-state index is 0.795. The van der Waals surface area contributed by atoms with E-state index in [-0.39, 0.29) is 0 Å². The molecule has 0 radical (unpaired) electrons. The molecule has 1 heteroatoms. The van der Waals surface area contributed by atoms with Crippen LogP contribution < -0.4 is 5.32 Å². The Labute approximate surface area is 70.6 Å². The summed E-state index contributed by atoms with van der Waals surface area (Å²) < 4.78 is 0. The van der Waals surface area contributed by atoms with Crippen LogP contribution in [0.4, 0.5) is 0 Å². The fraction of sp³-hybridized carbons (Fsp3) is 1.00. The maximum atomic E-state index is 3.60. The van der Waals surface area contributed by atoms with Gasteiger partial charge in [-0.1, -0.05) is 27.2 Å². The van der Waals surface area contributed by atoms with Crippen molar-refractivity contribution in [2.24, 2.45) is 11.8 Å². The van der Waals surface area contributed by atoms with Crippen LogP contribution in [0.2, 0.25) is 0 Å². The van der Waals surface area contributed by atoms with Gasteiger partial charge in [0, 0.05) is 6.04 Å². The van der Waals surface area contributed by atoms with Gasteiger partial charge in [0.25, 0.3) is 0 Å². The van der Waals surface area contributed by atoms with Gasteiger partial charge in [0.1, 0.15) is 0 Å². The molecule has 66 valence electrons. The lowest BCUT2D eigenvalue weighted by Gasteiger charge is -2.31. The SMILES string of the molecule is CC(C)C(C)C1CCCCN1. The number of piperidine rings is 1. The van der Waals surface area contributed by atoms with E-state index < -0.39 is 0 Å². The lowest BCUT2D eigenvalue weighted by Crippen LogP contribution is -2.40. The monoisotopic (exact) mass is 155 g/mol. The Morgan fingerprint density at radius 3 is 2.36 bits per heavy atom. The van der Waals surface area contributed by atoms with Crippen molar-refractivity contribution in [3.05, 3.63) is 0 Å². The zero-order valence-electron chi connectivity index (χ0n) is 8.06. The molecule has 1 N–H and O–H groups in total. The van der Waals surface area contributed by atoms with E-state index in [1.54, 1.807) is 0 Å². The van der Waals surface area contributed by atoms with Crippen molar-refractivity contribution in [2.75, 3.05) is 6.54 Å². The first-order valence-corrected chi connectivity index (χ1v) is 4.95. The second kappa shape index (κ2) is 4.10. The Kier molecular flexibility index (Phi) is 3.38. The first kappa shape index (κ1) is 9.05. The molecule has 1 heterocycles. The average Bonchev–Trinajstić information content (AvgIpc) is 2.05. The van der Waals surface area contributed by atoms with Crippen molar-refractivity contribution in [1.29, 1.82) is 0 Å². The Hall–Kier alpha value is -0.0400. The van der Waals surface area contributed by atoms with Crippen molar-refractivity contribution >= 4 is 0 Å². The Morgan fingerprint density at radius 2 is 1.91 bits per heavy atom. The summed E-state index contributed by atoms with van der Waals surface area (Å²) in [6.45, 7) is 8.25. The zero-order valence-corrected chi connectivity index (χ0v) is 8.06. The smallest absolute Gasteiger partial charge is 0.00951 e. The lowest BCUT2D eigenvalue weighted by atomic mass is 9.86. The fourth-order valence-electron chi connectivity index (χ4n) is 1.79. The molecule has 1 nitrogen and oxygen atoms in total. The third-order valence-electron chi connectivity index (χ3n) is 3.03. The molecule has 0 bridgehead atoms. The quantitative estimate of drug-likeness (QED) is 0.645. The molecular formula is C10H21N. The second-order valence-electron chi connectivity index (χ2n) is 4.16. The molecule has 0 saturated carbocycles. The molecular weight excluding hydrogens is 134 g/mol. The minimum Gasteiger partial charge on any atom is -0.314 e. The van der Waals surface area contributed by atoms with E-state index in [0.29, 0.717) is 0 Å². The number of rotatable bonds is 2. The fourth-order valence-corrected chi connectivity index (χ4v) is 1.79. The molecule has 0 aromatic rings. The maximum Gasteiger partial charge on any atom is 0.00951 e. The third kappa shape index (κ3) is 2.48. The standard InChI is InChI=1S/C10H21N/c1-8(2)9(3)10-6-4-5-7-11-10/h8-11H,4-7H2,1-3H3. The first-order valence-electron chi connectivity index (χ1n) is 4.95. The Morgan fingerprint density at radius 1 is 1.18 bits per heavy atom. The van der Waals surface area contributed by atoms with Gasteiger partial charge < -0.3 is 5.32 Å². The van der Waals surface area contributed by atoms with E-state index >= 15 is 0 Å². The van der Waals surface area contributed by atoms with Crippen molar-refractivity contribution < 1.29 is 0 Å². The van der Waals surface area contributed by atoms with Crippen LogP contribution in [0.25, 0.3) is 0 Å². The van der Waals surface area contributed by atoms with Gasteiger partial charge >= 0.3 is 0 Å². The van der Waals surface area contributed by atoms with Crippen LogP contribution in [0.15, 0.2) is 0 Å². The summed E-state index contributed by atoms with van der Waals surface area (Å²) in [5.74, 6) is 1.67. The molecule has 0 amide bonds. The van der Waals surface area contributed by atoms with Gasteiger partial charge in [-0.25, -0.2) is 0 Å². The summed E-state index contributed by atoms with van der Waals surface area (Å²) in [5, 5.41) is 3.60. The normalized spacial score (nSPS) is 28.9. The van der Waals surface area contributed by atoms with Gasteiger partial charge in [-0.05, 0) is 31.2 Å². The minimum atomic E-state index is 0.795. The predicted molar refractivity (Wildman–Crippen MR) is 49.6 cm³/mol. The van der Waals surface area contributed by atoms with Gasteiger partial charge in [0.15, 0.2) is 0 Å². The average molecular weight is 155 g/mol. The van der Waals surface area contributed by atoms with Gasteiger partial charge in [-0.3, -0.25) is 0 Å². The highest BCUT2D eigenvalue weighted by molar-refractivity contribution is 4.78. The lowest BCUT2D eigenvalue weighted by molar-refractivity contribution is 0.256. The van der Waals surface area contributed by atoms with Crippen molar-refractivity contribution in [1.82, 2.24) is 5.32 Å². The highest BCUT2D eigenvalue weighted by Crippen LogP contribution is 2.20. The zero-order chi connectivity index (χ0) is 8.27. The van der Waals surface area contributed by atoms with Gasteiger partial charge in [-0.15, -0.1) is 0 Å². The Balaban J connectivity index is 2.32. The van der Waals surface area contributed by atoms with Crippen LogP contribution in [-0.2, 0) is 0 Å². The van der Waals surface area contributed by atoms with Gasteiger partial charge in [0.2, 0.25) is 0 Å². The van der Waals surface area contributed by atoms with Crippen LogP contribution in [0.5, 0.6) is 0 Å². The molecule has 1 fully saturated rings. The molecule has 0 spiro atoms. The highest BCUT2D eigenvalue weighted by atomic mass is 14.9. The molecule has 1 aliphatic heterocycles. The molecule has 0 aliphatic carbocycles.